The maximum absolute atomic E-state index is 5.56. The van der Waals surface area contributed by atoms with E-state index in [2.05, 4.69) is 36.2 Å². The minimum absolute atomic E-state index is 0.480. The molecule has 1 saturated heterocycles. The lowest BCUT2D eigenvalue weighted by molar-refractivity contribution is 0.317. The number of aromatic nitrogens is 2. The number of hydrogen-bond acceptors (Lipinski definition) is 4. The van der Waals surface area contributed by atoms with Crippen LogP contribution in [0.25, 0.3) is 0 Å². The van der Waals surface area contributed by atoms with Gasteiger partial charge in [-0.25, -0.2) is 3.11 Å². The van der Waals surface area contributed by atoms with Crippen molar-refractivity contribution in [3.05, 3.63) is 11.8 Å². The normalized spacial score (nSPS) is 20.1. The second-order valence-electron chi connectivity index (χ2n) is 3.57. The van der Waals surface area contributed by atoms with Gasteiger partial charge in [-0.3, -0.25) is 0 Å². The summed E-state index contributed by atoms with van der Waals surface area (Å²) in [6, 6.07) is 0. The number of hydrogen-bond donors (Lipinski definition) is 0. The third-order valence-electron chi connectivity index (χ3n) is 2.57. The molecule has 0 radical (unpaired) electrons. The Kier molecular flexibility index (Phi) is 3.38. The highest BCUT2D eigenvalue weighted by Crippen LogP contribution is 2.28. The lowest BCUT2D eigenvalue weighted by atomic mass is 9.98. The molecule has 0 amide bonds. The molecule has 5 heteroatoms. The predicted molar refractivity (Wildman–Crippen MR) is 61.2 cm³/mol. The molecule has 78 valence electrons. The Hall–Kier alpha value is -0.170. The third-order valence-corrected chi connectivity index (χ3v) is 3.54. The van der Waals surface area contributed by atoms with Crippen LogP contribution in [0.15, 0.2) is 4.42 Å². The molecule has 1 fully saturated rings. The maximum atomic E-state index is 5.56. The van der Waals surface area contributed by atoms with Gasteiger partial charge < -0.3 is 4.42 Å². The summed E-state index contributed by atoms with van der Waals surface area (Å²) in [5, 5.41) is 8.09. The van der Waals surface area contributed by atoms with E-state index in [1.807, 2.05) is 6.92 Å². The smallest absolute Gasteiger partial charge is 0.219 e. The summed E-state index contributed by atoms with van der Waals surface area (Å²) in [5.41, 5.74) is 0. The fourth-order valence-corrected chi connectivity index (χ4v) is 2.23. The van der Waals surface area contributed by atoms with Crippen molar-refractivity contribution in [2.75, 3.05) is 13.1 Å². The molecular formula is C9H14IN3O. The van der Waals surface area contributed by atoms with Gasteiger partial charge in [0.2, 0.25) is 11.8 Å². The molecule has 1 aromatic rings. The van der Waals surface area contributed by atoms with Crippen LogP contribution in [0.2, 0.25) is 0 Å². The Morgan fingerprint density at radius 1 is 1.43 bits per heavy atom. The largest absolute Gasteiger partial charge is 0.425 e. The highest BCUT2D eigenvalue weighted by atomic mass is 127. The van der Waals surface area contributed by atoms with Crippen LogP contribution in [-0.2, 0) is 6.42 Å². The first-order valence-corrected chi connectivity index (χ1v) is 5.99. The third kappa shape index (κ3) is 2.25. The van der Waals surface area contributed by atoms with Crippen LogP contribution < -0.4 is 0 Å². The Morgan fingerprint density at radius 2 is 2.14 bits per heavy atom. The zero-order valence-electron chi connectivity index (χ0n) is 8.24. The number of nitrogens with zero attached hydrogens (tertiary/aromatic N) is 3. The molecular weight excluding hydrogens is 293 g/mol. The molecule has 4 nitrogen and oxygen atoms in total. The highest BCUT2D eigenvalue weighted by Gasteiger charge is 2.23. The fourth-order valence-electron chi connectivity index (χ4n) is 1.67. The molecule has 2 heterocycles. The molecule has 1 aliphatic heterocycles. The Morgan fingerprint density at radius 3 is 2.71 bits per heavy atom. The minimum atomic E-state index is 0.480. The van der Waals surface area contributed by atoms with Crippen LogP contribution in [-0.4, -0.2) is 26.4 Å². The average molecular weight is 307 g/mol. The van der Waals surface area contributed by atoms with E-state index in [0.29, 0.717) is 5.92 Å². The fraction of sp³-hybridized carbons (Fsp3) is 0.778. The molecule has 0 saturated carbocycles. The number of piperidine rings is 1. The summed E-state index contributed by atoms with van der Waals surface area (Å²) < 4.78 is 7.88. The minimum Gasteiger partial charge on any atom is -0.425 e. The first-order chi connectivity index (χ1) is 6.79. The van der Waals surface area contributed by atoms with Crippen LogP contribution >= 0.6 is 22.9 Å². The van der Waals surface area contributed by atoms with Crippen LogP contribution in [0, 0.1) is 0 Å². The summed E-state index contributed by atoms with van der Waals surface area (Å²) in [4.78, 5) is 0. The SMILES string of the molecule is CCc1nnc(C2CCN(I)CC2)o1. The summed E-state index contributed by atoms with van der Waals surface area (Å²) in [6.45, 7) is 4.27. The van der Waals surface area contributed by atoms with E-state index in [1.54, 1.807) is 0 Å². The van der Waals surface area contributed by atoms with Gasteiger partial charge in [0.15, 0.2) is 0 Å². The Bertz CT molecular complexity index is 294. The molecule has 1 aliphatic rings. The summed E-state index contributed by atoms with van der Waals surface area (Å²) in [5.74, 6) is 2.08. The molecule has 0 atom stereocenters. The van der Waals surface area contributed by atoms with Crippen molar-refractivity contribution < 1.29 is 4.42 Å². The van der Waals surface area contributed by atoms with Gasteiger partial charge in [-0.05, 0) is 12.8 Å². The molecule has 1 aromatic heterocycles. The number of aryl methyl sites for hydroxylation is 1. The van der Waals surface area contributed by atoms with E-state index >= 15 is 0 Å². The second-order valence-corrected chi connectivity index (χ2v) is 4.94. The molecule has 0 spiro atoms. The van der Waals surface area contributed by atoms with E-state index in [4.69, 9.17) is 4.42 Å². The van der Waals surface area contributed by atoms with Crippen molar-refractivity contribution in [3.63, 3.8) is 0 Å². The first kappa shape index (κ1) is 10.4. The first-order valence-electron chi connectivity index (χ1n) is 5.02. The second kappa shape index (κ2) is 4.57. The van der Waals surface area contributed by atoms with Crippen molar-refractivity contribution in [3.8, 4) is 0 Å². The van der Waals surface area contributed by atoms with Crippen LogP contribution in [0.5, 0.6) is 0 Å². The van der Waals surface area contributed by atoms with E-state index in [-0.39, 0.29) is 0 Å². The van der Waals surface area contributed by atoms with Gasteiger partial charge in [0.1, 0.15) is 0 Å². The van der Waals surface area contributed by atoms with Gasteiger partial charge >= 0.3 is 0 Å². The summed E-state index contributed by atoms with van der Waals surface area (Å²) >= 11 is 2.37. The van der Waals surface area contributed by atoms with Crippen LogP contribution in [0.4, 0.5) is 0 Å². The van der Waals surface area contributed by atoms with E-state index < -0.39 is 0 Å². The van der Waals surface area contributed by atoms with Crippen LogP contribution in [0.3, 0.4) is 0 Å². The van der Waals surface area contributed by atoms with Crippen molar-refractivity contribution in [1.82, 2.24) is 13.3 Å². The van der Waals surface area contributed by atoms with Gasteiger partial charge in [0.25, 0.3) is 0 Å². The number of halogens is 1. The standard InChI is InChI=1S/C9H14IN3O/c1-2-8-11-12-9(14-8)7-3-5-13(10)6-4-7/h7H,2-6H2,1H3. The predicted octanol–water partition coefficient (Wildman–Crippen LogP) is 2.16. The molecule has 0 unspecified atom stereocenters. The molecule has 2 rings (SSSR count). The van der Waals surface area contributed by atoms with Crippen molar-refractivity contribution in [2.24, 2.45) is 0 Å². The van der Waals surface area contributed by atoms with E-state index in [9.17, 15) is 0 Å². The zero-order chi connectivity index (χ0) is 9.97. The molecule has 0 aromatic carbocycles. The average Bonchev–Trinajstić information content (AvgIpc) is 2.67. The van der Waals surface area contributed by atoms with Gasteiger partial charge in [-0.2, -0.15) is 0 Å². The van der Waals surface area contributed by atoms with Crippen molar-refractivity contribution in [2.45, 2.75) is 32.1 Å². The zero-order valence-corrected chi connectivity index (χ0v) is 10.4. The van der Waals surface area contributed by atoms with Gasteiger partial charge in [-0.1, -0.05) is 6.92 Å². The monoisotopic (exact) mass is 307 g/mol. The topological polar surface area (TPSA) is 42.2 Å². The lowest BCUT2D eigenvalue weighted by Crippen LogP contribution is -2.24. The quantitative estimate of drug-likeness (QED) is 0.620. The molecule has 14 heavy (non-hydrogen) atoms. The Balaban J connectivity index is 2.01. The van der Waals surface area contributed by atoms with Gasteiger partial charge in [-0.15, -0.1) is 10.2 Å². The number of rotatable bonds is 2. The summed E-state index contributed by atoms with van der Waals surface area (Å²) in [6.07, 6.45) is 3.10. The molecule has 0 N–H and O–H groups in total. The molecule has 0 bridgehead atoms. The summed E-state index contributed by atoms with van der Waals surface area (Å²) in [7, 11) is 0. The highest BCUT2D eigenvalue weighted by molar-refractivity contribution is 14.1. The lowest BCUT2D eigenvalue weighted by Gasteiger charge is -2.24. The van der Waals surface area contributed by atoms with E-state index in [0.717, 1.165) is 44.1 Å². The Labute approximate surface area is 97.6 Å². The maximum Gasteiger partial charge on any atom is 0.219 e. The molecule has 0 aliphatic carbocycles. The van der Waals surface area contributed by atoms with E-state index in [1.165, 1.54) is 0 Å². The van der Waals surface area contributed by atoms with Gasteiger partial charge in [0, 0.05) is 48.3 Å². The van der Waals surface area contributed by atoms with Gasteiger partial charge in [0.05, 0.1) is 0 Å². The van der Waals surface area contributed by atoms with Crippen molar-refractivity contribution in [1.29, 1.82) is 0 Å². The van der Waals surface area contributed by atoms with Crippen molar-refractivity contribution >= 4 is 22.9 Å². The van der Waals surface area contributed by atoms with Crippen LogP contribution in [0.1, 0.15) is 37.5 Å².